The van der Waals surface area contributed by atoms with E-state index in [2.05, 4.69) is 15.0 Å². The Morgan fingerprint density at radius 3 is 2.95 bits per heavy atom. The van der Waals surface area contributed by atoms with Crippen molar-refractivity contribution in [3.63, 3.8) is 0 Å². The quantitative estimate of drug-likeness (QED) is 0.636. The topological polar surface area (TPSA) is 129 Å². The van der Waals surface area contributed by atoms with Gasteiger partial charge >= 0.3 is 0 Å². The van der Waals surface area contributed by atoms with Gasteiger partial charge in [0.2, 0.25) is 5.28 Å². The van der Waals surface area contributed by atoms with Gasteiger partial charge in [-0.1, -0.05) is 0 Å². The minimum absolute atomic E-state index is 0.0204. The number of halogens is 1. The lowest BCUT2D eigenvalue weighted by Gasteiger charge is -2.19. The fraction of sp³-hybridized carbons (Fsp3) is 0.545. The van der Waals surface area contributed by atoms with Crippen LogP contribution in [0.4, 0.5) is 5.82 Å². The molecular formula is C11H14ClN5O4. The summed E-state index contributed by atoms with van der Waals surface area (Å²) in [7, 11) is 1.44. The molecule has 0 aliphatic carbocycles. The number of fused-ring (bicyclic) bond motifs is 1. The molecule has 9 nitrogen and oxygen atoms in total. The number of imidazole rings is 1. The van der Waals surface area contributed by atoms with Crippen molar-refractivity contribution in [2.24, 2.45) is 0 Å². The third-order valence-electron chi connectivity index (χ3n) is 3.46. The van der Waals surface area contributed by atoms with Crippen LogP contribution in [0, 0.1) is 0 Å². The van der Waals surface area contributed by atoms with E-state index in [0.29, 0.717) is 11.2 Å². The molecule has 0 radical (unpaired) electrons. The van der Waals surface area contributed by atoms with Gasteiger partial charge < -0.3 is 25.4 Å². The summed E-state index contributed by atoms with van der Waals surface area (Å²) < 4.78 is 12.4. The first-order chi connectivity index (χ1) is 10.1. The number of hydrogen-bond acceptors (Lipinski definition) is 8. The Kier molecular flexibility index (Phi) is 3.68. The smallest absolute Gasteiger partial charge is 0.226 e. The largest absolute Gasteiger partial charge is 0.394 e. The molecule has 2 aromatic heterocycles. The van der Waals surface area contributed by atoms with E-state index in [0.717, 1.165) is 0 Å². The average Bonchev–Trinajstić information content (AvgIpc) is 2.99. The number of aliphatic hydroxyl groups excluding tert-OH is 2. The van der Waals surface area contributed by atoms with Crippen molar-refractivity contribution in [2.45, 2.75) is 24.5 Å². The molecule has 3 rings (SSSR count). The lowest BCUT2D eigenvalue weighted by Crippen LogP contribution is -2.34. The highest BCUT2D eigenvalue weighted by atomic mass is 35.5. The molecule has 10 heteroatoms. The SMILES string of the molecule is COC1C(O)[C@@H](CO)O[C@H]1n1cnc2c(N)nc(Cl)nc21. The maximum absolute atomic E-state index is 10.1. The minimum atomic E-state index is -0.975. The molecule has 0 aromatic carbocycles. The van der Waals surface area contributed by atoms with Crippen LogP contribution in [-0.2, 0) is 9.47 Å². The van der Waals surface area contributed by atoms with E-state index >= 15 is 0 Å². The molecule has 4 atom stereocenters. The standard InChI is InChI=1S/C11H14ClN5O4/c1-20-7-6(19)4(2-18)21-10(7)17-3-14-5-8(13)15-11(12)16-9(5)17/h3-4,6-7,10,18-19H,2H2,1H3,(H2,13,15,16)/t4-,6?,7?,10-/m1/s1. The van der Waals surface area contributed by atoms with Crippen molar-refractivity contribution in [1.82, 2.24) is 19.5 Å². The Balaban J connectivity index is 2.08. The maximum atomic E-state index is 10.1. The van der Waals surface area contributed by atoms with Gasteiger partial charge in [0.05, 0.1) is 12.9 Å². The van der Waals surface area contributed by atoms with Crippen LogP contribution in [0.3, 0.4) is 0 Å². The lowest BCUT2D eigenvalue weighted by molar-refractivity contribution is -0.0583. The van der Waals surface area contributed by atoms with Crippen molar-refractivity contribution in [3.05, 3.63) is 11.6 Å². The molecule has 1 aliphatic rings. The van der Waals surface area contributed by atoms with Gasteiger partial charge in [-0.3, -0.25) is 4.57 Å². The first kappa shape index (κ1) is 14.4. The number of hydrogen-bond donors (Lipinski definition) is 3. The van der Waals surface area contributed by atoms with Crippen LogP contribution in [-0.4, -0.2) is 61.8 Å². The molecule has 1 aliphatic heterocycles. The molecule has 0 amide bonds. The Hall–Kier alpha value is -1.52. The maximum Gasteiger partial charge on any atom is 0.226 e. The second-order valence-corrected chi connectivity index (χ2v) is 4.98. The molecule has 1 fully saturated rings. The van der Waals surface area contributed by atoms with Crippen LogP contribution in [0.1, 0.15) is 6.23 Å². The Morgan fingerprint density at radius 1 is 1.52 bits per heavy atom. The van der Waals surface area contributed by atoms with Gasteiger partial charge in [0.25, 0.3) is 0 Å². The molecule has 114 valence electrons. The van der Waals surface area contributed by atoms with Crippen LogP contribution in [0.2, 0.25) is 5.28 Å². The van der Waals surface area contributed by atoms with Crippen molar-refractivity contribution in [2.75, 3.05) is 19.5 Å². The van der Waals surface area contributed by atoms with E-state index in [-0.39, 0.29) is 17.7 Å². The number of nitrogens with two attached hydrogens (primary N) is 1. The molecule has 21 heavy (non-hydrogen) atoms. The zero-order chi connectivity index (χ0) is 15.1. The van der Waals surface area contributed by atoms with Gasteiger partial charge in [-0.15, -0.1) is 0 Å². The van der Waals surface area contributed by atoms with Gasteiger partial charge in [-0.05, 0) is 11.6 Å². The molecule has 3 heterocycles. The van der Waals surface area contributed by atoms with E-state index in [1.54, 1.807) is 4.57 Å². The number of nitrogens with zero attached hydrogens (tertiary/aromatic N) is 4. The number of nitrogen functional groups attached to an aromatic ring is 1. The molecule has 2 unspecified atom stereocenters. The minimum Gasteiger partial charge on any atom is -0.394 e. The summed E-state index contributed by atoms with van der Waals surface area (Å²) in [5, 5.41) is 19.3. The molecule has 2 aromatic rings. The second kappa shape index (κ2) is 5.35. The van der Waals surface area contributed by atoms with E-state index in [1.807, 2.05) is 0 Å². The summed E-state index contributed by atoms with van der Waals surface area (Å²) >= 11 is 5.81. The molecular weight excluding hydrogens is 302 g/mol. The monoisotopic (exact) mass is 315 g/mol. The summed E-state index contributed by atoms with van der Waals surface area (Å²) in [6.45, 7) is -0.331. The Labute approximate surface area is 124 Å². The number of rotatable bonds is 3. The molecule has 0 bridgehead atoms. The van der Waals surface area contributed by atoms with Crippen molar-refractivity contribution < 1.29 is 19.7 Å². The van der Waals surface area contributed by atoms with Crippen molar-refractivity contribution in [3.8, 4) is 0 Å². The Bertz CT molecular complexity index is 665. The van der Waals surface area contributed by atoms with Gasteiger partial charge in [-0.25, -0.2) is 4.98 Å². The number of aliphatic hydroxyl groups is 2. The summed E-state index contributed by atoms with van der Waals surface area (Å²) in [5.74, 6) is 0.148. The van der Waals surface area contributed by atoms with Crippen LogP contribution >= 0.6 is 11.6 Å². The van der Waals surface area contributed by atoms with Gasteiger partial charge in [0, 0.05) is 7.11 Å². The van der Waals surface area contributed by atoms with E-state index in [4.69, 9.17) is 26.8 Å². The molecule has 1 saturated heterocycles. The summed E-state index contributed by atoms with van der Waals surface area (Å²) in [6.07, 6.45) is -1.67. The zero-order valence-corrected chi connectivity index (χ0v) is 11.8. The van der Waals surface area contributed by atoms with E-state index < -0.39 is 24.5 Å². The van der Waals surface area contributed by atoms with Crippen LogP contribution in [0.25, 0.3) is 11.2 Å². The highest BCUT2D eigenvalue weighted by molar-refractivity contribution is 6.28. The van der Waals surface area contributed by atoms with E-state index in [9.17, 15) is 10.2 Å². The van der Waals surface area contributed by atoms with Crippen LogP contribution in [0.15, 0.2) is 6.33 Å². The zero-order valence-electron chi connectivity index (χ0n) is 11.0. The van der Waals surface area contributed by atoms with Crippen LogP contribution < -0.4 is 5.73 Å². The number of methoxy groups -OCH3 is 1. The lowest BCUT2D eigenvalue weighted by atomic mass is 10.1. The third kappa shape index (κ3) is 2.23. The summed E-state index contributed by atoms with van der Waals surface area (Å²) in [4.78, 5) is 12.0. The van der Waals surface area contributed by atoms with Crippen molar-refractivity contribution >= 4 is 28.6 Å². The van der Waals surface area contributed by atoms with Gasteiger partial charge in [-0.2, -0.15) is 9.97 Å². The number of ether oxygens (including phenoxy) is 2. The number of anilines is 1. The first-order valence-electron chi connectivity index (χ1n) is 6.19. The fourth-order valence-corrected chi connectivity index (χ4v) is 2.62. The van der Waals surface area contributed by atoms with Crippen LogP contribution in [0.5, 0.6) is 0 Å². The van der Waals surface area contributed by atoms with Crippen molar-refractivity contribution in [1.29, 1.82) is 0 Å². The van der Waals surface area contributed by atoms with Gasteiger partial charge in [0.15, 0.2) is 17.7 Å². The predicted molar refractivity (Wildman–Crippen MR) is 72.5 cm³/mol. The van der Waals surface area contributed by atoms with Gasteiger partial charge in [0.1, 0.15) is 23.8 Å². The second-order valence-electron chi connectivity index (χ2n) is 4.64. The molecule has 4 N–H and O–H groups in total. The highest BCUT2D eigenvalue weighted by Crippen LogP contribution is 2.33. The predicted octanol–water partition coefficient (Wildman–Crippen LogP) is -0.672. The summed E-state index contributed by atoms with van der Waals surface area (Å²) in [6, 6.07) is 0. The first-order valence-corrected chi connectivity index (χ1v) is 6.57. The third-order valence-corrected chi connectivity index (χ3v) is 3.63. The number of aromatic nitrogens is 4. The Morgan fingerprint density at radius 2 is 2.29 bits per heavy atom. The fourth-order valence-electron chi connectivity index (χ4n) is 2.44. The highest BCUT2D eigenvalue weighted by Gasteiger charge is 2.45. The summed E-state index contributed by atoms with van der Waals surface area (Å²) in [5.41, 5.74) is 6.48. The molecule has 0 saturated carbocycles. The van der Waals surface area contributed by atoms with E-state index in [1.165, 1.54) is 13.4 Å². The molecule has 0 spiro atoms. The average molecular weight is 316 g/mol. The normalized spacial score (nSPS) is 29.3.